The maximum absolute atomic E-state index is 11.5. The third-order valence-electron chi connectivity index (χ3n) is 2.90. The molecule has 0 radical (unpaired) electrons. The average molecular weight is 362 g/mol. The molecule has 0 amide bonds. The highest BCUT2D eigenvalue weighted by molar-refractivity contribution is 7.46. The summed E-state index contributed by atoms with van der Waals surface area (Å²) in [7, 11) is -9.55. The summed E-state index contributed by atoms with van der Waals surface area (Å²) in [6.45, 7) is 1.78. The molecule has 0 aromatic carbocycles. The van der Waals surface area contributed by atoms with E-state index in [2.05, 4.69) is 9.05 Å². The van der Waals surface area contributed by atoms with Crippen molar-refractivity contribution in [1.29, 1.82) is 0 Å². The van der Waals surface area contributed by atoms with Gasteiger partial charge in [-0.05, 0) is 6.42 Å². The van der Waals surface area contributed by atoms with Crippen LogP contribution in [0.4, 0.5) is 0 Å². The maximum Gasteiger partial charge on any atom is 0.469 e. The minimum atomic E-state index is -4.78. The number of ether oxygens (including phenoxy) is 1. The SMILES string of the molecule is CCCC(=O)OC1CC(OP(=O)(O)O)CC(OP(=O)(O)O)C1. The number of phosphoric ester groups is 2. The van der Waals surface area contributed by atoms with E-state index < -0.39 is 39.9 Å². The minimum Gasteiger partial charge on any atom is -0.462 e. The van der Waals surface area contributed by atoms with E-state index in [0.717, 1.165) is 0 Å². The highest BCUT2D eigenvalue weighted by Crippen LogP contribution is 2.45. The third kappa shape index (κ3) is 8.36. The topological polar surface area (TPSA) is 160 Å². The van der Waals surface area contributed by atoms with Gasteiger partial charge < -0.3 is 24.3 Å². The first kappa shape index (κ1) is 19.7. The fourth-order valence-corrected chi connectivity index (χ4v) is 3.40. The Kier molecular flexibility index (Phi) is 7.17. The van der Waals surface area contributed by atoms with Crippen LogP contribution >= 0.6 is 15.6 Å². The van der Waals surface area contributed by atoms with Crippen LogP contribution in [0.3, 0.4) is 0 Å². The second kappa shape index (κ2) is 7.99. The molecule has 22 heavy (non-hydrogen) atoms. The Labute approximate surface area is 127 Å². The molecule has 0 aliphatic heterocycles. The molecule has 0 spiro atoms. The van der Waals surface area contributed by atoms with E-state index in [-0.39, 0.29) is 25.7 Å². The van der Waals surface area contributed by atoms with Gasteiger partial charge in [0.05, 0.1) is 12.2 Å². The normalized spacial score (nSPS) is 26.7. The van der Waals surface area contributed by atoms with Crippen LogP contribution in [-0.4, -0.2) is 43.9 Å². The van der Waals surface area contributed by atoms with Crippen LogP contribution in [0.5, 0.6) is 0 Å². The van der Waals surface area contributed by atoms with Gasteiger partial charge in [0, 0.05) is 25.7 Å². The Balaban J connectivity index is 2.73. The maximum atomic E-state index is 11.5. The molecule has 4 N–H and O–H groups in total. The third-order valence-corrected chi connectivity index (χ3v) is 4.05. The zero-order valence-electron chi connectivity index (χ0n) is 11.9. The van der Waals surface area contributed by atoms with Gasteiger partial charge in [-0.2, -0.15) is 0 Å². The van der Waals surface area contributed by atoms with Gasteiger partial charge in [0.15, 0.2) is 0 Å². The molecule has 2 unspecified atom stereocenters. The number of esters is 1. The highest BCUT2D eigenvalue weighted by Gasteiger charge is 2.38. The molecular formula is C10H20O10P2. The highest BCUT2D eigenvalue weighted by atomic mass is 31.2. The minimum absolute atomic E-state index is 0.0155. The molecule has 0 bridgehead atoms. The first-order valence-electron chi connectivity index (χ1n) is 6.66. The van der Waals surface area contributed by atoms with Crippen molar-refractivity contribution in [2.75, 3.05) is 0 Å². The van der Waals surface area contributed by atoms with Crippen molar-refractivity contribution in [1.82, 2.24) is 0 Å². The molecule has 1 aliphatic rings. The van der Waals surface area contributed by atoms with Crippen molar-refractivity contribution < 1.29 is 47.3 Å². The van der Waals surface area contributed by atoms with Gasteiger partial charge in [-0.1, -0.05) is 6.92 Å². The van der Waals surface area contributed by atoms with Crippen molar-refractivity contribution in [2.45, 2.75) is 57.3 Å². The summed E-state index contributed by atoms with van der Waals surface area (Å²) in [5.41, 5.74) is 0. The number of carbonyl (C=O) groups is 1. The second-order valence-corrected chi connectivity index (χ2v) is 7.39. The van der Waals surface area contributed by atoms with Crippen molar-refractivity contribution in [3.63, 3.8) is 0 Å². The summed E-state index contributed by atoms with van der Waals surface area (Å²) in [6.07, 6.45) is -2.22. The number of hydrogen-bond acceptors (Lipinski definition) is 6. The molecule has 1 saturated carbocycles. The Morgan fingerprint density at radius 1 is 0.955 bits per heavy atom. The summed E-state index contributed by atoms with van der Waals surface area (Å²) < 4.78 is 36.0. The van der Waals surface area contributed by atoms with Crippen LogP contribution in [-0.2, 0) is 27.7 Å². The van der Waals surface area contributed by atoms with Crippen LogP contribution in [0.25, 0.3) is 0 Å². The van der Waals surface area contributed by atoms with Crippen LogP contribution < -0.4 is 0 Å². The van der Waals surface area contributed by atoms with Crippen molar-refractivity contribution in [3.8, 4) is 0 Å². The zero-order chi connectivity index (χ0) is 17.0. The predicted molar refractivity (Wildman–Crippen MR) is 72.5 cm³/mol. The van der Waals surface area contributed by atoms with Gasteiger partial charge in [0.1, 0.15) is 6.10 Å². The summed E-state index contributed by atoms with van der Waals surface area (Å²) >= 11 is 0. The zero-order valence-corrected chi connectivity index (χ0v) is 13.7. The lowest BCUT2D eigenvalue weighted by atomic mass is 9.92. The monoisotopic (exact) mass is 362 g/mol. The van der Waals surface area contributed by atoms with Crippen LogP contribution in [0.2, 0.25) is 0 Å². The fraction of sp³-hybridized carbons (Fsp3) is 0.900. The van der Waals surface area contributed by atoms with Crippen molar-refractivity contribution >= 4 is 21.6 Å². The number of rotatable bonds is 7. The molecule has 0 saturated heterocycles. The van der Waals surface area contributed by atoms with Gasteiger partial charge in [-0.15, -0.1) is 0 Å². The predicted octanol–water partition coefficient (Wildman–Crippen LogP) is 0.838. The second-order valence-electron chi connectivity index (χ2n) is 5.00. The first-order valence-corrected chi connectivity index (χ1v) is 9.72. The Morgan fingerprint density at radius 2 is 1.36 bits per heavy atom. The molecular weight excluding hydrogens is 342 g/mol. The molecule has 130 valence electrons. The van der Waals surface area contributed by atoms with E-state index in [1.807, 2.05) is 0 Å². The lowest BCUT2D eigenvalue weighted by Gasteiger charge is -2.34. The molecule has 2 atom stereocenters. The first-order chi connectivity index (χ1) is 9.98. The molecule has 0 heterocycles. The summed E-state index contributed by atoms with van der Waals surface area (Å²) in [5, 5.41) is 0. The number of hydrogen-bond donors (Lipinski definition) is 4. The van der Waals surface area contributed by atoms with Gasteiger partial charge in [-0.25, -0.2) is 9.13 Å². The number of carbonyl (C=O) groups excluding carboxylic acids is 1. The largest absolute Gasteiger partial charge is 0.469 e. The van der Waals surface area contributed by atoms with Crippen LogP contribution in [0, 0.1) is 0 Å². The van der Waals surface area contributed by atoms with Gasteiger partial charge >= 0.3 is 21.6 Å². The summed E-state index contributed by atoms with van der Waals surface area (Å²) in [5.74, 6) is -0.501. The quantitative estimate of drug-likeness (QED) is 0.377. The average Bonchev–Trinajstić information content (AvgIpc) is 2.22. The molecule has 1 fully saturated rings. The molecule has 1 aliphatic carbocycles. The Morgan fingerprint density at radius 3 is 1.73 bits per heavy atom. The molecule has 1 rings (SSSR count). The lowest BCUT2D eigenvalue weighted by molar-refractivity contribution is -0.154. The van der Waals surface area contributed by atoms with E-state index in [9.17, 15) is 13.9 Å². The Bertz CT molecular complexity index is 436. The van der Waals surface area contributed by atoms with Crippen molar-refractivity contribution in [2.24, 2.45) is 0 Å². The molecule has 10 nitrogen and oxygen atoms in total. The van der Waals surface area contributed by atoms with Crippen LogP contribution in [0.1, 0.15) is 39.0 Å². The standard InChI is InChI=1S/C10H20O10P2/c1-2-3-10(11)18-7-4-8(19-21(12,13)14)6-9(5-7)20-22(15,16)17/h7-9H,2-6H2,1H3,(H2,12,13,14)(H2,15,16,17). The summed E-state index contributed by atoms with van der Waals surface area (Å²) in [4.78, 5) is 46.8. The van der Waals surface area contributed by atoms with Gasteiger partial charge in [-0.3, -0.25) is 13.8 Å². The smallest absolute Gasteiger partial charge is 0.462 e. The van der Waals surface area contributed by atoms with Crippen molar-refractivity contribution in [3.05, 3.63) is 0 Å². The van der Waals surface area contributed by atoms with E-state index in [1.54, 1.807) is 6.92 Å². The van der Waals surface area contributed by atoms with Gasteiger partial charge in [0.25, 0.3) is 0 Å². The van der Waals surface area contributed by atoms with E-state index in [1.165, 1.54) is 0 Å². The molecule has 0 aromatic rings. The molecule has 12 heteroatoms. The van der Waals surface area contributed by atoms with E-state index >= 15 is 0 Å². The molecule has 0 aromatic heterocycles. The fourth-order valence-electron chi connectivity index (χ4n) is 2.27. The van der Waals surface area contributed by atoms with E-state index in [0.29, 0.717) is 6.42 Å². The summed E-state index contributed by atoms with van der Waals surface area (Å²) in [6, 6.07) is 0. The van der Waals surface area contributed by atoms with Crippen LogP contribution in [0.15, 0.2) is 0 Å². The lowest BCUT2D eigenvalue weighted by Crippen LogP contribution is -2.37. The van der Waals surface area contributed by atoms with E-state index in [4.69, 9.17) is 24.3 Å². The number of phosphoric acid groups is 2. The Hall–Kier alpha value is -0.310. The van der Waals surface area contributed by atoms with Gasteiger partial charge in [0.2, 0.25) is 0 Å².